The largest absolute Gasteiger partial charge is 0.491 e. The molecule has 26 heavy (non-hydrogen) atoms. The van der Waals surface area contributed by atoms with Crippen LogP contribution in [-0.2, 0) is 13.6 Å². The van der Waals surface area contributed by atoms with Crippen molar-refractivity contribution in [1.29, 1.82) is 0 Å². The molecule has 1 aromatic carbocycles. The molecule has 0 unspecified atom stereocenters. The zero-order chi connectivity index (χ0) is 18.1. The first-order valence-electron chi connectivity index (χ1n) is 8.95. The van der Waals surface area contributed by atoms with Crippen LogP contribution in [0.25, 0.3) is 0 Å². The monoisotopic (exact) mass is 470 g/mol. The number of ether oxygens (including phenoxy) is 1. The van der Waals surface area contributed by atoms with Gasteiger partial charge in [-0.3, -0.25) is 0 Å². The molecular weight excluding hydrogens is 439 g/mol. The summed E-state index contributed by atoms with van der Waals surface area (Å²) in [5, 5.41) is 6.59. The summed E-state index contributed by atoms with van der Waals surface area (Å²) in [5.74, 6) is 2.23. The van der Waals surface area contributed by atoms with E-state index in [0.29, 0.717) is 25.6 Å². The van der Waals surface area contributed by atoms with E-state index in [0.717, 1.165) is 18.3 Å². The third-order valence-electron chi connectivity index (χ3n) is 3.85. The van der Waals surface area contributed by atoms with Crippen LogP contribution in [0.5, 0.6) is 5.75 Å². The number of aromatic nitrogens is 1. The Labute approximate surface area is 174 Å². The Balaban J connectivity index is 0.00000338. The SMILES string of the molecule is CCNC(=NCc1ccn(C)c1)NCCOc1ccccc1C(C)C.I. The number of rotatable bonds is 8. The molecule has 2 aromatic rings. The number of halogens is 1. The number of benzene rings is 1. The Bertz CT molecular complexity index is 682. The lowest BCUT2D eigenvalue weighted by molar-refractivity contribution is 0.317. The van der Waals surface area contributed by atoms with Gasteiger partial charge in [-0.15, -0.1) is 24.0 Å². The number of guanidine groups is 1. The van der Waals surface area contributed by atoms with E-state index in [-0.39, 0.29) is 24.0 Å². The number of hydrogen-bond acceptors (Lipinski definition) is 2. The van der Waals surface area contributed by atoms with Crippen molar-refractivity contribution in [1.82, 2.24) is 15.2 Å². The Morgan fingerprint density at radius 2 is 1.96 bits per heavy atom. The van der Waals surface area contributed by atoms with Crippen LogP contribution in [0, 0.1) is 0 Å². The van der Waals surface area contributed by atoms with Crippen molar-refractivity contribution < 1.29 is 4.74 Å². The second-order valence-corrected chi connectivity index (χ2v) is 6.35. The van der Waals surface area contributed by atoms with Gasteiger partial charge in [-0.2, -0.15) is 0 Å². The van der Waals surface area contributed by atoms with Gasteiger partial charge in [0.05, 0.1) is 13.1 Å². The molecule has 1 heterocycles. The molecule has 0 atom stereocenters. The lowest BCUT2D eigenvalue weighted by Gasteiger charge is -2.15. The Kier molecular flexibility index (Phi) is 10.2. The predicted octanol–water partition coefficient (Wildman–Crippen LogP) is 3.90. The van der Waals surface area contributed by atoms with E-state index >= 15 is 0 Å². The van der Waals surface area contributed by atoms with E-state index in [9.17, 15) is 0 Å². The molecule has 1 aromatic heterocycles. The summed E-state index contributed by atoms with van der Waals surface area (Å²) >= 11 is 0. The maximum absolute atomic E-state index is 5.94. The Morgan fingerprint density at radius 1 is 1.19 bits per heavy atom. The smallest absolute Gasteiger partial charge is 0.191 e. The molecule has 0 amide bonds. The highest BCUT2D eigenvalue weighted by atomic mass is 127. The summed E-state index contributed by atoms with van der Waals surface area (Å²) < 4.78 is 7.98. The van der Waals surface area contributed by atoms with Crippen molar-refractivity contribution in [3.05, 3.63) is 53.9 Å². The number of aryl methyl sites for hydroxylation is 1. The van der Waals surface area contributed by atoms with E-state index in [1.807, 2.05) is 29.9 Å². The van der Waals surface area contributed by atoms with Crippen LogP contribution in [0.2, 0.25) is 0 Å². The summed E-state index contributed by atoms with van der Waals surface area (Å²) in [6.07, 6.45) is 4.12. The predicted molar refractivity (Wildman–Crippen MR) is 120 cm³/mol. The summed E-state index contributed by atoms with van der Waals surface area (Å²) in [6, 6.07) is 10.3. The highest BCUT2D eigenvalue weighted by Crippen LogP contribution is 2.25. The van der Waals surface area contributed by atoms with Crippen molar-refractivity contribution in [2.75, 3.05) is 19.7 Å². The highest BCUT2D eigenvalue weighted by molar-refractivity contribution is 14.0. The van der Waals surface area contributed by atoms with Crippen molar-refractivity contribution in [3.63, 3.8) is 0 Å². The molecule has 0 spiro atoms. The third-order valence-corrected chi connectivity index (χ3v) is 3.85. The minimum atomic E-state index is 0. The van der Waals surface area contributed by atoms with E-state index in [1.165, 1.54) is 11.1 Å². The molecule has 2 N–H and O–H groups in total. The Hall–Kier alpha value is -1.70. The van der Waals surface area contributed by atoms with Gasteiger partial charge in [0.15, 0.2) is 5.96 Å². The minimum absolute atomic E-state index is 0. The quantitative estimate of drug-likeness (QED) is 0.266. The zero-order valence-corrected chi connectivity index (χ0v) is 18.5. The topological polar surface area (TPSA) is 50.6 Å². The molecular formula is C20H31IN4O. The van der Waals surface area contributed by atoms with Gasteiger partial charge in [0.1, 0.15) is 12.4 Å². The van der Waals surface area contributed by atoms with Crippen LogP contribution in [0.3, 0.4) is 0 Å². The molecule has 0 fully saturated rings. The molecule has 5 nitrogen and oxygen atoms in total. The molecule has 0 saturated carbocycles. The fraction of sp³-hybridized carbons (Fsp3) is 0.450. The highest BCUT2D eigenvalue weighted by Gasteiger charge is 2.06. The third kappa shape index (κ3) is 7.27. The van der Waals surface area contributed by atoms with Crippen LogP contribution in [0.4, 0.5) is 0 Å². The van der Waals surface area contributed by atoms with Crippen molar-refractivity contribution in [2.24, 2.45) is 12.0 Å². The molecule has 144 valence electrons. The standard InChI is InChI=1S/C20H30N4O.HI/c1-5-21-20(23-14-17-10-12-24(4)15-17)22-11-13-25-19-9-7-6-8-18(19)16(2)3;/h6-10,12,15-16H,5,11,13-14H2,1-4H3,(H2,21,22,23);1H. The number of hydrogen-bond donors (Lipinski definition) is 2. The summed E-state index contributed by atoms with van der Waals surface area (Å²) in [4.78, 5) is 4.61. The molecule has 0 aliphatic heterocycles. The second-order valence-electron chi connectivity index (χ2n) is 6.35. The van der Waals surface area contributed by atoms with Gasteiger partial charge in [-0.1, -0.05) is 32.0 Å². The first kappa shape index (κ1) is 22.3. The maximum atomic E-state index is 5.94. The number of aliphatic imine (C=N–C) groups is 1. The van der Waals surface area contributed by atoms with Gasteiger partial charge in [0.2, 0.25) is 0 Å². The molecule has 2 rings (SSSR count). The van der Waals surface area contributed by atoms with Crippen LogP contribution in [0.15, 0.2) is 47.7 Å². The fourth-order valence-corrected chi connectivity index (χ4v) is 2.59. The fourth-order valence-electron chi connectivity index (χ4n) is 2.59. The molecule has 6 heteroatoms. The molecule has 0 aliphatic rings. The average molecular weight is 470 g/mol. The summed E-state index contributed by atoms with van der Waals surface area (Å²) in [6.45, 7) is 9.21. The van der Waals surface area contributed by atoms with Gasteiger partial charge >= 0.3 is 0 Å². The number of nitrogens with one attached hydrogen (secondary N) is 2. The summed E-state index contributed by atoms with van der Waals surface area (Å²) in [7, 11) is 2.02. The van der Waals surface area contributed by atoms with Crippen LogP contribution in [0.1, 0.15) is 37.8 Å². The molecule has 0 bridgehead atoms. The van der Waals surface area contributed by atoms with Gasteiger partial charge in [-0.05, 0) is 36.1 Å². The first-order chi connectivity index (χ1) is 12.1. The number of nitrogens with zero attached hydrogens (tertiary/aromatic N) is 2. The van der Waals surface area contributed by atoms with E-state index < -0.39 is 0 Å². The molecule has 0 radical (unpaired) electrons. The van der Waals surface area contributed by atoms with Crippen molar-refractivity contribution in [2.45, 2.75) is 33.2 Å². The lowest BCUT2D eigenvalue weighted by Crippen LogP contribution is -2.39. The molecule has 0 saturated heterocycles. The zero-order valence-electron chi connectivity index (χ0n) is 16.2. The lowest BCUT2D eigenvalue weighted by atomic mass is 10.0. The van der Waals surface area contributed by atoms with Crippen LogP contribution in [-0.4, -0.2) is 30.2 Å². The van der Waals surface area contributed by atoms with Gasteiger partial charge in [-0.25, -0.2) is 4.99 Å². The summed E-state index contributed by atoms with van der Waals surface area (Å²) in [5.41, 5.74) is 2.44. The van der Waals surface area contributed by atoms with Gasteiger partial charge in [0, 0.05) is 26.0 Å². The average Bonchev–Trinajstić information content (AvgIpc) is 3.02. The van der Waals surface area contributed by atoms with Crippen LogP contribution >= 0.6 is 24.0 Å². The van der Waals surface area contributed by atoms with Crippen LogP contribution < -0.4 is 15.4 Å². The molecule has 0 aliphatic carbocycles. The normalized spacial score (nSPS) is 11.2. The first-order valence-corrected chi connectivity index (χ1v) is 8.95. The second kappa shape index (κ2) is 11.8. The number of para-hydroxylation sites is 1. The van der Waals surface area contributed by atoms with E-state index in [4.69, 9.17) is 4.74 Å². The van der Waals surface area contributed by atoms with Crippen molar-refractivity contribution in [3.8, 4) is 5.75 Å². The minimum Gasteiger partial charge on any atom is -0.491 e. The van der Waals surface area contributed by atoms with E-state index in [1.54, 1.807) is 0 Å². The van der Waals surface area contributed by atoms with Gasteiger partial charge in [0.25, 0.3) is 0 Å². The van der Waals surface area contributed by atoms with Gasteiger partial charge < -0.3 is 19.9 Å². The maximum Gasteiger partial charge on any atom is 0.191 e. The Morgan fingerprint density at radius 3 is 2.62 bits per heavy atom. The van der Waals surface area contributed by atoms with E-state index in [2.05, 4.69) is 60.8 Å². The van der Waals surface area contributed by atoms with Crippen molar-refractivity contribution >= 4 is 29.9 Å².